The first-order valence-electron chi connectivity index (χ1n) is 5.38. The number of nitrogens with zero attached hydrogens (tertiary/aromatic N) is 3. The van der Waals surface area contributed by atoms with Gasteiger partial charge in [-0.2, -0.15) is 5.26 Å². The highest BCUT2D eigenvalue weighted by Gasteiger charge is 2.03. The average molecular weight is 215 g/mol. The van der Waals surface area contributed by atoms with Crippen LogP contribution in [0.3, 0.4) is 0 Å². The highest BCUT2D eigenvalue weighted by atomic mass is 15.1. The summed E-state index contributed by atoms with van der Waals surface area (Å²) in [4.78, 5) is 6.44. The molecule has 0 atom stereocenters. The van der Waals surface area contributed by atoms with Gasteiger partial charge in [0.05, 0.1) is 6.07 Å². The maximum Gasteiger partial charge on any atom is 0.0635 e. The Morgan fingerprint density at radius 1 is 1.56 bits per heavy atom. The van der Waals surface area contributed by atoms with E-state index in [0.29, 0.717) is 6.42 Å². The van der Waals surface area contributed by atoms with Crippen molar-refractivity contribution in [1.29, 1.82) is 5.26 Å². The van der Waals surface area contributed by atoms with Gasteiger partial charge in [-0.25, -0.2) is 0 Å². The van der Waals surface area contributed by atoms with Crippen molar-refractivity contribution in [3.05, 3.63) is 42.2 Å². The summed E-state index contributed by atoms with van der Waals surface area (Å²) in [7, 11) is 0. The largest absolute Gasteiger partial charge is 0.294 e. The van der Waals surface area contributed by atoms with Crippen molar-refractivity contribution >= 4 is 0 Å². The molecular formula is C13H17N3. The Labute approximate surface area is 97.0 Å². The van der Waals surface area contributed by atoms with Gasteiger partial charge in [-0.1, -0.05) is 12.1 Å². The van der Waals surface area contributed by atoms with Gasteiger partial charge in [0.15, 0.2) is 0 Å². The van der Waals surface area contributed by atoms with Crippen LogP contribution >= 0.6 is 0 Å². The van der Waals surface area contributed by atoms with Crippen LogP contribution in [0.1, 0.15) is 17.7 Å². The number of nitriles is 1. The summed E-state index contributed by atoms with van der Waals surface area (Å²) in [6.45, 7) is 8.09. The first-order valence-corrected chi connectivity index (χ1v) is 5.38. The van der Waals surface area contributed by atoms with Gasteiger partial charge in [0.25, 0.3) is 0 Å². The van der Waals surface area contributed by atoms with Crippen LogP contribution in [0.4, 0.5) is 0 Å². The third-order valence-corrected chi connectivity index (χ3v) is 2.31. The summed E-state index contributed by atoms with van der Waals surface area (Å²) in [5.74, 6) is 0. The first-order chi connectivity index (χ1) is 7.76. The van der Waals surface area contributed by atoms with Crippen LogP contribution in [0, 0.1) is 18.3 Å². The van der Waals surface area contributed by atoms with Gasteiger partial charge in [0.2, 0.25) is 0 Å². The standard InChI is InChI=1S/C13H17N3/c1-3-8-16(9-4-7-14)11-13-6-5-12(2)15-10-13/h3,5-6,10H,1,4,8-9,11H2,2H3. The van der Waals surface area contributed by atoms with Crippen molar-refractivity contribution in [2.24, 2.45) is 0 Å². The summed E-state index contributed by atoms with van der Waals surface area (Å²) in [5.41, 5.74) is 2.20. The van der Waals surface area contributed by atoms with Crippen molar-refractivity contribution in [3.63, 3.8) is 0 Å². The minimum atomic E-state index is 0.549. The molecule has 0 fully saturated rings. The lowest BCUT2D eigenvalue weighted by Crippen LogP contribution is -2.24. The van der Waals surface area contributed by atoms with Crippen molar-refractivity contribution in [1.82, 2.24) is 9.88 Å². The molecule has 0 amide bonds. The van der Waals surface area contributed by atoms with Gasteiger partial charge in [-0.15, -0.1) is 6.58 Å². The molecule has 0 unspecified atom stereocenters. The maximum atomic E-state index is 8.57. The van der Waals surface area contributed by atoms with Gasteiger partial charge < -0.3 is 0 Å². The molecule has 1 rings (SSSR count). The topological polar surface area (TPSA) is 39.9 Å². The lowest BCUT2D eigenvalue weighted by Gasteiger charge is -2.18. The Kier molecular flexibility index (Phi) is 5.24. The Morgan fingerprint density at radius 2 is 2.38 bits per heavy atom. The lowest BCUT2D eigenvalue weighted by atomic mass is 10.2. The molecule has 0 aliphatic heterocycles. The smallest absolute Gasteiger partial charge is 0.0635 e. The number of hydrogen-bond donors (Lipinski definition) is 0. The molecule has 0 aliphatic rings. The van der Waals surface area contributed by atoms with Crippen LogP contribution in [0.5, 0.6) is 0 Å². The fourth-order valence-electron chi connectivity index (χ4n) is 1.48. The van der Waals surface area contributed by atoms with E-state index in [4.69, 9.17) is 5.26 Å². The predicted octanol–water partition coefficient (Wildman–Crippen LogP) is 2.29. The van der Waals surface area contributed by atoms with E-state index >= 15 is 0 Å². The molecule has 84 valence electrons. The zero-order valence-corrected chi connectivity index (χ0v) is 9.69. The fraction of sp³-hybridized carbons (Fsp3) is 0.385. The summed E-state index contributed by atoms with van der Waals surface area (Å²) >= 11 is 0. The molecule has 16 heavy (non-hydrogen) atoms. The summed E-state index contributed by atoms with van der Waals surface area (Å²) in [6, 6.07) is 6.24. The molecule has 0 N–H and O–H groups in total. The zero-order valence-electron chi connectivity index (χ0n) is 9.69. The van der Waals surface area contributed by atoms with Crippen LogP contribution < -0.4 is 0 Å². The number of rotatable bonds is 6. The molecule has 1 aromatic heterocycles. The van der Waals surface area contributed by atoms with E-state index in [1.165, 1.54) is 5.56 Å². The number of aromatic nitrogens is 1. The maximum absolute atomic E-state index is 8.57. The Balaban J connectivity index is 2.56. The van der Waals surface area contributed by atoms with Gasteiger partial charge in [0, 0.05) is 37.9 Å². The molecule has 0 saturated carbocycles. The van der Waals surface area contributed by atoms with Crippen LogP contribution in [0.2, 0.25) is 0 Å². The minimum Gasteiger partial charge on any atom is -0.294 e. The van der Waals surface area contributed by atoms with E-state index in [-0.39, 0.29) is 0 Å². The van der Waals surface area contributed by atoms with E-state index in [9.17, 15) is 0 Å². The second-order valence-electron chi connectivity index (χ2n) is 3.74. The highest BCUT2D eigenvalue weighted by molar-refractivity contribution is 5.13. The van der Waals surface area contributed by atoms with Crippen molar-refractivity contribution < 1.29 is 0 Å². The molecule has 3 heteroatoms. The molecule has 1 heterocycles. The molecule has 0 aliphatic carbocycles. The van der Waals surface area contributed by atoms with Gasteiger partial charge in [-0.3, -0.25) is 9.88 Å². The Morgan fingerprint density at radius 3 is 2.94 bits per heavy atom. The third-order valence-electron chi connectivity index (χ3n) is 2.31. The summed E-state index contributed by atoms with van der Waals surface area (Å²) in [6.07, 6.45) is 4.30. The molecule has 0 saturated heterocycles. The second-order valence-corrected chi connectivity index (χ2v) is 3.74. The van der Waals surface area contributed by atoms with Crippen molar-refractivity contribution in [2.45, 2.75) is 19.9 Å². The van der Waals surface area contributed by atoms with E-state index in [0.717, 1.165) is 25.3 Å². The Bertz CT molecular complexity index is 362. The average Bonchev–Trinajstić information content (AvgIpc) is 2.29. The van der Waals surface area contributed by atoms with Gasteiger partial charge in [0.1, 0.15) is 0 Å². The molecule has 3 nitrogen and oxygen atoms in total. The number of hydrogen-bond acceptors (Lipinski definition) is 3. The number of pyridine rings is 1. The fourth-order valence-corrected chi connectivity index (χ4v) is 1.48. The molecule has 0 bridgehead atoms. The molecule has 1 aromatic rings. The Hall–Kier alpha value is -1.66. The minimum absolute atomic E-state index is 0.549. The van der Waals surface area contributed by atoms with Crippen molar-refractivity contribution in [3.8, 4) is 6.07 Å². The highest BCUT2D eigenvalue weighted by Crippen LogP contribution is 2.05. The molecular weight excluding hydrogens is 198 g/mol. The predicted molar refractivity (Wildman–Crippen MR) is 64.7 cm³/mol. The normalized spacial score (nSPS) is 10.1. The quantitative estimate of drug-likeness (QED) is 0.683. The van der Waals surface area contributed by atoms with E-state index in [2.05, 4.69) is 28.6 Å². The van der Waals surface area contributed by atoms with E-state index in [1.807, 2.05) is 25.3 Å². The summed E-state index contributed by atoms with van der Waals surface area (Å²) in [5, 5.41) is 8.57. The van der Waals surface area contributed by atoms with E-state index < -0.39 is 0 Å². The first kappa shape index (κ1) is 12.4. The molecule has 0 aromatic carbocycles. The van der Waals surface area contributed by atoms with Gasteiger partial charge in [-0.05, 0) is 18.6 Å². The second kappa shape index (κ2) is 6.76. The van der Waals surface area contributed by atoms with Crippen LogP contribution in [-0.2, 0) is 6.54 Å². The van der Waals surface area contributed by atoms with Crippen LogP contribution in [-0.4, -0.2) is 23.0 Å². The lowest BCUT2D eigenvalue weighted by molar-refractivity contribution is 0.301. The van der Waals surface area contributed by atoms with Crippen LogP contribution in [0.15, 0.2) is 31.0 Å². The van der Waals surface area contributed by atoms with Crippen LogP contribution in [0.25, 0.3) is 0 Å². The van der Waals surface area contributed by atoms with E-state index in [1.54, 1.807) is 0 Å². The summed E-state index contributed by atoms with van der Waals surface area (Å²) < 4.78 is 0. The SMILES string of the molecule is C=CCN(CCC#N)Cc1ccc(C)nc1. The third kappa shape index (κ3) is 4.24. The molecule has 0 spiro atoms. The monoisotopic (exact) mass is 215 g/mol. The zero-order chi connectivity index (χ0) is 11.8. The van der Waals surface area contributed by atoms with Crippen molar-refractivity contribution in [2.75, 3.05) is 13.1 Å². The number of aryl methyl sites for hydroxylation is 1. The van der Waals surface area contributed by atoms with Gasteiger partial charge >= 0.3 is 0 Å². The molecule has 0 radical (unpaired) electrons.